The predicted octanol–water partition coefficient (Wildman–Crippen LogP) is 5.56. The Balaban J connectivity index is 1.41. The summed E-state index contributed by atoms with van der Waals surface area (Å²) in [5.74, 6) is -0.983. The molecule has 9 nitrogen and oxygen atoms in total. The zero-order valence-corrected chi connectivity index (χ0v) is 25.1. The van der Waals surface area contributed by atoms with E-state index in [1.165, 1.54) is 34.6 Å². The Kier molecular flexibility index (Phi) is 9.60. The summed E-state index contributed by atoms with van der Waals surface area (Å²) in [5.41, 5.74) is -0.0481. The summed E-state index contributed by atoms with van der Waals surface area (Å²) in [4.78, 5) is 12.8. The molecule has 0 radical (unpaired) electrons. The van der Waals surface area contributed by atoms with Gasteiger partial charge in [-0.25, -0.2) is 12.8 Å². The minimum atomic E-state index is -4.70. The van der Waals surface area contributed by atoms with E-state index in [1.54, 1.807) is 28.8 Å². The van der Waals surface area contributed by atoms with Crippen molar-refractivity contribution in [1.82, 2.24) is 19.1 Å². The minimum Gasteiger partial charge on any atom is -0.379 e. The third-order valence-electron chi connectivity index (χ3n) is 6.56. The van der Waals surface area contributed by atoms with E-state index in [0.29, 0.717) is 30.2 Å². The summed E-state index contributed by atoms with van der Waals surface area (Å²) in [6, 6.07) is 15.0. The highest BCUT2D eigenvalue weighted by Crippen LogP contribution is 2.36. The number of alkyl halides is 3. The number of amides is 1. The van der Waals surface area contributed by atoms with Crippen molar-refractivity contribution in [3.8, 4) is 11.4 Å². The van der Waals surface area contributed by atoms with E-state index in [4.69, 9.17) is 16.3 Å². The molecule has 4 aromatic rings. The van der Waals surface area contributed by atoms with E-state index in [1.807, 2.05) is 0 Å². The molecular weight excluding hydrogens is 646 g/mol. The van der Waals surface area contributed by atoms with Crippen LogP contribution in [0.25, 0.3) is 11.4 Å². The molecule has 44 heavy (non-hydrogen) atoms. The van der Waals surface area contributed by atoms with Gasteiger partial charge >= 0.3 is 6.18 Å². The Bertz CT molecular complexity index is 1760. The normalized spacial score (nSPS) is 14.5. The molecule has 5 rings (SSSR count). The van der Waals surface area contributed by atoms with Gasteiger partial charge in [0.15, 0.2) is 11.0 Å². The molecule has 0 bridgehead atoms. The Labute approximate surface area is 259 Å². The van der Waals surface area contributed by atoms with Gasteiger partial charge in [0.2, 0.25) is 15.9 Å². The van der Waals surface area contributed by atoms with Crippen LogP contribution in [0.15, 0.2) is 76.8 Å². The van der Waals surface area contributed by atoms with Gasteiger partial charge in [-0.2, -0.15) is 17.5 Å². The topological polar surface area (TPSA) is 106 Å². The summed E-state index contributed by atoms with van der Waals surface area (Å²) >= 11 is 6.63. The highest BCUT2D eigenvalue weighted by Gasteiger charge is 2.33. The second kappa shape index (κ2) is 13.2. The lowest BCUT2D eigenvalue weighted by molar-refractivity contribution is -0.137. The molecule has 232 valence electrons. The molecular formula is C28H24ClF4N5O4S2. The second-order valence-electron chi connectivity index (χ2n) is 9.59. The van der Waals surface area contributed by atoms with Gasteiger partial charge in [0.05, 0.1) is 41.0 Å². The molecule has 0 aliphatic carbocycles. The first kappa shape index (κ1) is 31.9. The Morgan fingerprint density at radius 3 is 2.45 bits per heavy atom. The van der Waals surface area contributed by atoms with Crippen LogP contribution in [0.2, 0.25) is 5.02 Å². The number of anilines is 1. The molecule has 1 amide bonds. The summed E-state index contributed by atoms with van der Waals surface area (Å²) in [7, 11) is -3.81. The van der Waals surface area contributed by atoms with Gasteiger partial charge in [0, 0.05) is 24.3 Å². The molecule has 1 N–H and O–H groups in total. The number of morpholine rings is 1. The van der Waals surface area contributed by atoms with Gasteiger partial charge in [-0.15, -0.1) is 10.2 Å². The second-order valence-corrected chi connectivity index (χ2v) is 12.9. The lowest BCUT2D eigenvalue weighted by Gasteiger charge is -2.26. The van der Waals surface area contributed by atoms with Crippen molar-refractivity contribution in [3.05, 3.63) is 88.7 Å². The van der Waals surface area contributed by atoms with Crippen molar-refractivity contribution in [2.24, 2.45) is 0 Å². The molecule has 1 aromatic heterocycles. The fourth-order valence-electron chi connectivity index (χ4n) is 4.40. The third-order valence-corrected chi connectivity index (χ3v) is 9.75. The number of ether oxygens (including phenoxy) is 1. The first-order valence-corrected chi connectivity index (χ1v) is 15.9. The maximum Gasteiger partial charge on any atom is 0.417 e. The number of nitrogens with zero attached hydrogens (tertiary/aromatic N) is 4. The van der Waals surface area contributed by atoms with Gasteiger partial charge in [-0.1, -0.05) is 47.6 Å². The monoisotopic (exact) mass is 669 g/mol. The Morgan fingerprint density at radius 1 is 1.02 bits per heavy atom. The number of nitrogens with one attached hydrogen (secondary N) is 1. The van der Waals surface area contributed by atoms with Gasteiger partial charge in [0.25, 0.3) is 0 Å². The van der Waals surface area contributed by atoms with Crippen LogP contribution in [0.1, 0.15) is 11.1 Å². The van der Waals surface area contributed by atoms with E-state index in [2.05, 4.69) is 15.5 Å². The molecule has 1 fully saturated rings. The fraction of sp³-hybridized carbons (Fsp3) is 0.250. The maximum atomic E-state index is 13.6. The number of benzene rings is 3. The number of hydrogen-bond donors (Lipinski definition) is 1. The van der Waals surface area contributed by atoms with Crippen molar-refractivity contribution < 1.29 is 35.5 Å². The smallest absolute Gasteiger partial charge is 0.379 e. The molecule has 1 aliphatic heterocycles. The van der Waals surface area contributed by atoms with Crippen LogP contribution in [0.5, 0.6) is 0 Å². The van der Waals surface area contributed by atoms with E-state index >= 15 is 0 Å². The van der Waals surface area contributed by atoms with Crippen molar-refractivity contribution >= 4 is 45.0 Å². The van der Waals surface area contributed by atoms with E-state index in [9.17, 15) is 30.8 Å². The summed E-state index contributed by atoms with van der Waals surface area (Å²) in [5, 5.41) is 10.7. The van der Waals surface area contributed by atoms with Gasteiger partial charge in [0.1, 0.15) is 5.82 Å². The average molecular weight is 670 g/mol. The first-order chi connectivity index (χ1) is 20.9. The van der Waals surface area contributed by atoms with Crippen LogP contribution < -0.4 is 5.32 Å². The largest absolute Gasteiger partial charge is 0.417 e. The molecule has 3 aromatic carbocycles. The molecule has 2 heterocycles. The van der Waals surface area contributed by atoms with Crippen molar-refractivity contribution in [2.45, 2.75) is 22.8 Å². The highest BCUT2D eigenvalue weighted by atomic mass is 35.5. The highest BCUT2D eigenvalue weighted by molar-refractivity contribution is 7.99. The quantitative estimate of drug-likeness (QED) is 0.184. The predicted molar refractivity (Wildman–Crippen MR) is 156 cm³/mol. The standard InChI is InChI=1S/C28H24ClF4N5O4S2/c29-24-9-8-21(15-23(24)28(31,32)33)34-25(39)17-43-27-36-35-26(38(27)16-18-4-6-20(30)7-5-18)19-2-1-3-22(14-19)44(40,41)37-10-12-42-13-11-37/h1-9,14-15H,10-13,16-17H2,(H,34,39). The first-order valence-electron chi connectivity index (χ1n) is 13.1. The number of rotatable bonds is 9. The molecule has 0 unspecified atom stereocenters. The number of carbonyl (C=O) groups excluding carboxylic acids is 1. The van der Waals surface area contributed by atoms with Crippen LogP contribution in [0.4, 0.5) is 23.2 Å². The van der Waals surface area contributed by atoms with Crippen molar-refractivity contribution in [1.29, 1.82) is 0 Å². The Morgan fingerprint density at radius 2 is 1.75 bits per heavy atom. The molecule has 0 saturated carbocycles. The minimum absolute atomic E-state index is 0.0583. The maximum absolute atomic E-state index is 13.6. The third kappa shape index (κ3) is 7.41. The van der Waals surface area contributed by atoms with Gasteiger partial charge < -0.3 is 10.1 Å². The van der Waals surface area contributed by atoms with Crippen LogP contribution in [-0.4, -0.2) is 65.5 Å². The number of hydrogen-bond acceptors (Lipinski definition) is 7. The van der Waals surface area contributed by atoms with Crippen LogP contribution >= 0.6 is 23.4 Å². The number of thioether (sulfide) groups is 1. The van der Waals surface area contributed by atoms with Crippen LogP contribution in [0.3, 0.4) is 0 Å². The number of sulfonamides is 1. The van der Waals surface area contributed by atoms with E-state index in [0.717, 1.165) is 23.9 Å². The number of halogens is 5. The van der Waals surface area contributed by atoms with Crippen LogP contribution in [-0.2, 0) is 32.3 Å². The van der Waals surface area contributed by atoms with E-state index < -0.39 is 38.5 Å². The SMILES string of the molecule is O=C(CSc1nnc(-c2cccc(S(=O)(=O)N3CCOCC3)c2)n1Cc1ccc(F)cc1)Nc1ccc(Cl)c(C(F)(F)F)c1. The fourth-order valence-corrected chi connectivity index (χ4v) is 6.82. The molecule has 0 spiro atoms. The summed E-state index contributed by atoms with van der Waals surface area (Å²) in [6.45, 7) is 1.19. The summed E-state index contributed by atoms with van der Waals surface area (Å²) < 4.78 is 88.1. The number of aromatic nitrogens is 3. The van der Waals surface area contributed by atoms with Gasteiger partial charge in [-0.05, 0) is 48.0 Å². The van der Waals surface area contributed by atoms with Crippen molar-refractivity contribution in [3.63, 3.8) is 0 Å². The van der Waals surface area contributed by atoms with Gasteiger partial charge in [-0.3, -0.25) is 9.36 Å². The lowest BCUT2D eigenvalue weighted by atomic mass is 10.2. The molecule has 1 saturated heterocycles. The average Bonchev–Trinajstić information content (AvgIpc) is 3.40. The van der Waals surface area contributed by atoms with Crippen LogP contribution in [0, 0.1) is 5.82 Å². The summed E-state index contributed by atoms with van der Waals surface area (Å²) in [6.07, 6.45) is -4.70. The molecule has 1 aliphatic rings. The number of carbonyl (C=O) groups is 1. The zero-order valence-electron chi connectivity index (χ0n) is 22.7. The zero-order chi connectivity index (χ0) is 31.5. The Hall–Kier alpha value is -3.50. The molecule has 16 heteroatoms. The van der Waals surface area contributed by atoms with Crippen molar-refractivity contribution in [2.75, 3.05) is 37.4 Å². The lowest BCUT2D eigenvalue weighted by Crippen LogP contribution is -2.40. The molecule has 0 atom stereocenters. The van der Waals surface area contributed by atoms with E-state index in [-0.39, 0.29) is 41.1 Å².